The fourth-order valence-corrected chi connectivity index (χ4v) is 3.20. The van der Waals surface area contributed by atoms with Crippen molar-refractivity contribution in [2.24, 2.45) is 0 Å². The van der Waals surface area contributed by atoms with Crippen molar-refractivity contribution in [3.05, 3.63) is 52.6 Å². The fourth-order valence-electron chi connectivity index (χ4n) is 3.20. The second-order valence-corrected chi connectivity index (χ2v) is 6.55. The molecule has 3 heterocycles. The van der Waals surface area contributed by atoms with Crippen LogP contribution in [0.2, 0.25) is 0 Å². The Labute approximate surface area is 163 Å². The van der Waals surface area contributed by atoms with E-state index in [1.165, 1.54) is 29.4 Å². The Morgan fingerprint density at radius 1 is 1.17 bits per heavy atom. The number of hydrogen-bond acceptors (Lipinski definition) is 10. The average molecular weight is 402 g/mol. The third-order valence-electron chi connectivity index (χ3n) is 4.76. The minimum atomic E-state index is -1.25. The van der Waals surface area contributed by atoms with Crippen molar-refractivity contribution in [3.8, 4) is 0 Å². The summed E-state index contributed by atoms with van der Waals surface area (Å²) in [7, 11) is 0. The maximum absolute atomic E-state index is 10.7. The SMILES string of the molecule is O=[N+]([O-])c1ccc(CNc2ncnc3c2ncn3[C@@H]2O[C@H](CO)[C@@H](O)[C@@H]2O)cc1. The molecule has 1 aromatic carbocycles. The molecule has 3 aromatic rings. The zero-order chi connectivity index (χ0) is 20.5. The summed E-state index contributed by atoms with van der Waals surface area (Å²) < 4.78 is 6.99. The van der Waals surface area contributed by atoms with Crippen molar-refractivity contribution in [2.75, 3.05) is 11.9 Å². The summed E-state index contributed by atoms with van der Waals surface area (Å²) in [5.74, 6) is 0.429. The Morgan fingerprint density at radius 2 is 1.93 bits per heavy atom. The third-order valence-corrected chi connectivity index (χ3v) is 4.76. The predicted molar refractivity (Wildman–Crippen MR) is 98.8 cm³/mol. The first-order valence-corrected chi connectivity index (χ1v) is 8.76. The van der Waals surface area contributed by atoms with E-state index in [1.54, 1.807) is 12.1 Å². The lowest BCUT2D eigenvalue weighted by atomic mass is 10.1. The van der Waals surface area contributed by atoms with Crippen LogP contribution in [-0.4, -0.2) is 64.7 Å². The Kier molecular flexibility index (Phi) is 5.07. The lowest BCUT2D eigenvalue weighted by Crippen LogP contribution is -2.33. The highest BCUT2D eigenvalue weighted by molar-refractivity contribution is 5.82. The van der Waals surface area contributed by atoms with Gasteiger partial charge in [0.25, 0.3) is 5.69 Å². The van der Waals surface area contributed by atoms with Gasteiger partial charge in [-0.25, -0.2) is 15.0 Å². The number of aliphatic hydroxyl groups excluding tert-OH is 3. The number of non-ortho nitro benzene ring substituents is 1. The second kappa shape index (κ2) is 7.67. The number of nitro groups is 1. The standard InChI is InChI=1S/C17H18N6O6/c24-6-11-13(25)14(26)17(29-11)22-8-21-12-15(19-7-20-16(12)22)18-5-9-1-3-10(4-2-9)23(27)28/h1-4,7-8,11,13-14,17,24-26H,5-6H2,(H,18,19,20)/t11-,13-,14+,17-/m1/s1. The second-order valence-electron chi connectivity index (χ2n) is 6.55. The largest absolute Gasteiger partial charge is 0.394 e. The number of nitro benzene ring substituents is 1. The van der Waals surface area contributed by atoms with E-state index in [0.29, 0.717) is 23.5 Å². The van der Waals surface area contributed by atoms with Crippen molar-refractivity contribution >= 4 is 22.7 Å². The molecule has 29 heavy (non-hydrogen) atoms. The van der Waals surface area contributed by atoms with Crippen LogP contribution < -0.4 is 5.32 Å². The van der Waals surface area contributed by atoms with Crippen LogP contribution in [-0.2, 0) is 11.3 Å². The van der Waals surface area contributed by atoms with E-state index in [9.17, 15) is 25.4 Å². The van der Waals surface area contributed by atoms with Gasteiger partial charge < -0.3 is 25.4 Å². The summed E-state index contributed by atoms with van der Waals surface area (Å²) in [6.45, 7) is -0.0802. The monoisotopic (exact) mass is 402 g/mol. The quantitative estimate of drug-likeness (QED) is 0.324. The van der Waals surface area contributed by atoms with Gasteiger partial charge in [-0.3, -0.25) is 14.7 Å². The summed E-state index contributed by atoms with van der Waals surface area (Å²) in [4.78, 5) is 22.9. The molecule has 0 spiro atoms. The number of imidazole rings is 1. The Hall–Kier alpha value is -3.19. The molecular weight excluding hydrogens is 384 g/mol. The lowest BCUT2D eigenvalue weighted by Gasteiger charge is -2.16. The molecule has 12 nitrogen and oxygen atoms in total. The molecule has 0 unspecified atom stereocenters. The van der Waals surface area contributed by atoms with E-state index in [1.807, 2.05) is 0 Å². The first-order valence-electron chi connectivity index (χ1n) is 8.76. The van der Waals surface area contributed by atoms with Crippen molar-refractivity contribution in [3.63, 3.8) is 0 Å². The molecule has 12 heteroatoms. The number of aromatic nitrogens is 4. The highest BCUT2D eigenvalue weighted by atomic mass is 16.6. The molecule has 0 bridgehead atoms. The molecule has 4 N–H and O–H groups in total. The number of ether oxygens (including phenoxy) is 1. The fraction of sp³-hybridized carbons (Fsp3) is 0.353. The van der Waals surface area contributed by atoms with Gasteiger partial charge in [-0.1, -0.05) is 12.1 Å². The summed E-state index contributed by atoms with van der Waals surface area (Å²) in [5.41, 5.74) is 1.62. The predicted octanol–water partition coefficient (Wildman–Crippen LogP) is -0.0419. The van der Waals surface area contributed by atoms with Gasteiger partial charge in [-0.15, -0.1) is 0 Å². The molecule has 4 rings (SSSR count). The number of nitrogens with one attached hydrogen (secondary N) is 1. The smallest absolute Gasteiger partial charge is 0.269 e. The van der Waals surface area contributed by atoms with Crippen LogP contribution in [0.1, 0.15) is 11.8 Å². The van der Waals surface area contributed by atoms with Crippen LogP contribution in [0.5, 0.6) is 0 Å². The topological polar surface area (TPSA) is 169 Å². The maximum atomic E-state index is 10.7. The Morgan fingerprint density at radius 3 is 2.59 bits per heavy atom. The Bertz CT molecular complexity index is 1020. The number of fused-ring (bicyclic) bond motifs is 1. The molecule has 0 radical (unpaired) electrons. The molecule has 1 fully saturated rings. The number of benzene rings is 1. The van der Waals surface area contributed by atoms with Crippen LogP contribution >= 0.6 is 0 Å². The molecule has 0 saturated carbocycles. The van der Waals surface area contributed by atoms with Gasteiger partial charge in [0, 0.05) is 18.7 Å². The molecule has 0 aliphatic carbocycles. The number of hydrogen-bond donors (Lipinski definition) is 4. The molecule has 2 aromatic heterocycles. The molecule has 4 atom stereocenters. The van der Waals surface area contributed by atoms with E-state index < -0.39 is 36.1 Å². The van der Waals surface area contributed by atoms with Crippen molar-refractivity contribution in [1.82, 2.24) is 19.5 Å². The normalized spacial score (nSPS) is 24.1. The zero-order valence-corrected chi connectivity index (χ0v) is 15.0. The van der Waals surface area contributed by atoms with Gasteiger partial charge in [0.1, 0.15) is 24.6 Å². The lowest BCUT2D eigenvalue weighted by molar-refractivity contribution is -0.384. The first-order chi connectivity index (χ1) is 14.0. The van der Waals surface area contributed by atoms with E-state index in [0.717, 1.165) is 5.56 Å². The molecule has 1 aliphatic rings. The molecule has 1 aliphatic heterocycles. The molecular formula is C17H18N6O6. The minimum absolute atomic E-state index is 0.00964. The average Bonchev–Trinajstić information content (AvgIpc) is 3.28. The van der Waals surface area contributed by atoms with Crippen LogP contribution in [0, 0.1) is 10.1 Å². The summed E-state index contributed by atoms with van der Waals surface area (Å²) in [6, 6.07) is 6.12. The third kappa shape index (κ3) is 3.49. The van der Waals surface area contributed by atoms with Gasteiger partial charge in [0.15, 0.2) is 23.2 Å². The summed E-state index contributed by atoms with van der Waals surface area (Å²) in [6.07, 6.45) is -1.62. The van der Waals surface area contributed by atoms with Crippen LogP contribution in [0.3, 0.4) is 0 Å². The Balaban J connectivity index is 1.55. The molecule has 1 saturated heterocycles. The van der Waals surface area contributed by atoms with Gasteiger partial charge in [0.2, 0.25) is 0 Å². The number of aliphatic hydroxyl groups is 3. The van der Waals surface area contributed by atoms with Crippen molar-refractivity contribution in [2.45, 2.75) is 31.1 Å². The number of nitrogens with zero attached hydrogens (tertiary/aromatic N) is 5. The van der Waals surface area contributed by atoms with Gasteiger partial charge in [-0.2, -0.15) is 0 Å². The maximum Gasteiger partial charge on any atom is 0.269 e. The van der Waals surface area contributed by atoms with E-state index in [4.69, 9.17) is 4.74 Å². The van der Waals surface area contributed by atoms with E-state index in [-0.39, 0.29) is 5.69 Å². The van der Waals surface area contributed by atoms with Crippen molar-refractivity contribution in [1.29, 1.82) is 0 Å². The van der Waals surface area contributed by atoms with Gasteiger partial charge in [0.05, 0.1) is 17.9 Å². The van der Waals surface area contributed by atoms with Crippen molar-refractivity contribution < 1.29 is 25.0 Å². The number of anilines is 1. The number of rotatable bonds is 6. The van der Waals surface area contributed by atoms with Crippen LogP contribution in [0.4, 0.5) is 11.5 Å². The molecule has 0 amide bonds. The van der Waals surface area contributed by atoms with E-state index in [2.05, 4.69) is 20.3 Å². The summed E-state index contributed by atoms with van der Waals surface area (Å²) in [5, 5.41) is 43.3. The first kappa shape index (κ1) is 19.1. The zero-order valence-electron chi connectivity index (χ0n) is 15.0. The summed E-state index contributed by atoms with van der Waals surface area (Å²) >= 11 is 0. The minimum Gasteiger partial charge on any atom is -0.394 e. The van der Waals surface area contributed by atoms with Crippen LogP contribution in [0.15, 0.2) is 36.9 Å². The molecule has 152 valence electrons. The van der Waals surface area contributed by atoms with E-state index >= 15 is 0 Å². The van der Waals surface area contributed by atoms with Gasteiger partial charge >= 0.3 is 0 Å². The van der Waals surface area contributed by atoms with Crippen LogP contribution in [0.25, 0.3) is 11.2 Å². The highest BCUT2D eigenvalue weighted by Gasteiger charge is 2.44. The highest BCUT2D eigenvalue weighted by Crippen LogP contribution is 2.32. The van der Waals surface area contributed by atoms with Gasteiger partial charge in [-0.05, 0) is 5.56 Å².